The highest BCUT2D eigenvalue weighted by atomic mass is 19.1. The van der Waals surface area contributed by atoms with Crippen molar-refractivity contribution in [2.75, 3.05) is 7.05 Å². The number of carboxylic acid groups (broad SMARTS) is 1. The van der Waals surface area contributed by atoms with Crippen molar-refractivity contribution >= 4 is 23.2 Å². The van der Waals surface area contributed by atoms with Crippen LogP contribution in [0.5, 0.6) is 0 Å². The summed E-state index contributed by atoms with van der Waals surface area (Å²) < 4.78 is 13.0. The number of hydrogen-bond acceptors (Lipinski definition) is 4. The second-order valence-electron chi connectivity index (χ2n) is 4.27. The quantitative estimate of drug-likeness (QED) is 0.819. The monoisotopic (exact) mass is 274 g/mol. The molecule has 100 valence electrons. The molecule has 0 aliphatic carbocycles. The molecule has 1 aromatic rings. The highest BCUT2D eigenvalue weighted by Crippen LogP contribution is 2.27. The number of allylic oxidation sites excluding steroid dienone is 1. The fourth-order valence-electron chi connectivity index (χ4n) is 1.77. The van der Waals surface area contributed by atoms with Crippen molar-refractivity contribution in [3.63, 3.8) is 0 Å². The molecule has 1 N–H and O–H groups in total. The number of hydrogen-bond donors (Lipinski definition) is 1. The van der Waals surface area contributed by atoms with Crippen molar-refractivity contribution in [1.82, 2.24) is 4.59 Å². The van der Waals surface area contributed by atoms with Crippen LogP contribution in [0.3, 0.4) is 0 Å². The molecule has 0 radical (unpaired) electrons. The Morgan fingerprint density at radius 1 is 1.45 bits per heavy atom. The summed E-state index contributed by atoms with van der Waals surface area (Å²) in [6.07, 6.45) is 2.39. The zero-order valence-corrected chi connectivity index (χ0v) is 10.4. The maximum Gasteiger partial charge on any atom is 0.364 e. The average Bonchev–Trinajstić information content (AvgIpc) is 2.40. The van der Waals surface area contributed by atoms with Gasteiger partial charge in [-0.15, -0.1) is 4.59 Å². The van der Waals surface area contributed by atoms with Crippen molar-refractivity contribution in [3.05, 3.63) is 41.9 Å². The molecule has 2 rings (SSSR count). The van der Waals surface area contributed by atoms with E-state index in [-0.39, 0.29) is 11.3 Å². The third-order valence-electron chi connectivity index (χ3n) is 2.79. The number of quaternary nitrogens is 1. The molecule has 1 atom stereocenters. The van der Waals surface area contributed by atoms with Crippen molar-refractivity contribution in [2.24, 2.45) is 5.10 Å². The highest BCUT2D eigenvalue weighted by Gasteiger charge is 2.34. The van der Waals surface area contributed by atoms with Gasteiger partial charge in [-0.05, 0) is 6.07 Å². The molecular formula is C13H9FN3O3+. The first-order valence-electron chi connectivity index (χ1n) is 5.50. The molecule has 0 spiro atoms. The first-order valence-corrected chi connectivity index (χ1v) is 5.50. The molecule has 1 heterocycles. The number of ketones is 1. The Bertz CT molecular complexity index is 718. The minimum absolute atomic E-state index is 0.0803. The Labute approximate surface area is 113 Å². The van der Waals surface area contributed by atoms with Crippen molar-refractivity contribution in [1.29, 1.82) is 5.26 Å². The molecule has 0 bridgehead atoms. The van der Waals surface area contributed by atoms with Crippen LogP contribution in [-0.2, 0) is 9.59 Å². The molecule has 1 aliphatic rings. The van der Waals surface area contributed by atoms with E-state index in [0.29, 0.717) is 0 Å². The highest BCUT2D eigenvalue weighted by molar-refractivity contribution is 6.66. The molecule has 0 saturated heterocycles. The number of carbonyl (C=O) groups is 2. The van der Waals surface area contributed by atoms with Crippen LogP contribution in [-0.4, -0.2) is 29.6 Å². The van der Waals surface area contributed by atoms with Crippen molar-refractivity contribution in [3.8, 4) is 6.07 Å². The van der Waals surface area contributed by atoms with Gasteiger partial charge in [0.05, 0.1) is 11.6 Å². The first kappa shape index (κ1) is 13.6. The zero-order chi connectivity index (χ0) is 14.9. The zero-order valence-electron chi connectivity index (χ0n) is 10.4. The number of carbonyl (C=O) groups excluding carboxylic acids is 1. The van der Waals surface area contributed by atoms with Crippen LogP contribution in [0, 0.1) is 17.1 Å². The Morgan fingerprint density at radius 3 is 2.75 bits per heavy atom. The topological polar surface area (TPSA) is 90.5 Å². The fourth-order valence-corrected chi connectivity index (χ4v) is 1.77. The van der Waals surface area contributed by atoms with Crippen LogP contribution in [0.2, 0.25) is 0 Å². The van der Waals surface area contributed by atoms with Gasteiger partial charge >= 0.3 is 5.97 Å². The summed E-state index contributed by atoms with van der Waals surface area (Å²) in [7, 11) is 1.47. The molecule has 1 aromatic carbocycles. The molecule has 0 fully saturated rings. The van der Waals surface area contributed by atoms with Crippen LogP contribution in [0.4, 0.5) is 10.1 Å². The molecular weight excluding hydrogens is 265 g/mol. The number of nitrogens with zero attached hydrogens (tertiary/aromatic N) is 3. The van der Waals surface area contributed by atoms with Gasteiger partial charge in [0, 0.05) is 18.2 Å². The third-order valence-corrected chi connectivity index (χ3v) is 2.79. The molecule has 0 saturated carbocycles. The smallest absolute Gasteiger partial charge is 0.364 e. The number of carboxylic acids is 1. The molecule has 0 aromatic heterocycles. The van der Waals surface area contributed by atoms with E-state index in [9.17, 15) is 14.0 Å². The lowest BCUT2D eigenvalue weighted by atomic mass is 10.1. The average molecular weight is 274 g/mol. The predicted octanol–water partition coefficient (Wildman–Crippen LogP) is 1.17. The lowest BCUT2D eigenvalue weighted by molar-refractivity contribution is -0.130. The van der Waals surface area contributed by atoms with Crippen LogP contribution >= 0.6 is 0 Å². The molecule has 1 aliphatic heterocycles. The number of nitriles is 1. The summed E-state index contributed by atoms with van der Waals surface area (Å²) in [6.45, 7) is 0. The van der Waals surface area contributed by atoms with Gasteiger partial charge in [0.15, 0.2) is 5.69 Å². The molecule has 7 heteroatoms. The van der Waals surface area contributed by atoms with E-state index in [1.165, 1.54) is 19.3 Å². The Hall–Kier alpha value is -2.85. The SMILES string of the molecule is C[N+]1(c2cc(F)cc(C#N)c2)C=CC(=O)C(C(=O)O)=N1. The maximum absolute atomic E-state index is 13.5. The van der Waals surface area contributed by atoms with E-state index in [4.69, 9.17) is 10.4 Å². The van der Waals surface area contributed by atoms with Gasteiger partial charge in [0.25, 0.3) is 5.71 Å². The van der Waals surface area contributed by atoms with Crippen LogP contribution in [0.25, 0.3) is 0 Å². The summed E-state index contributed by atoms with van der Waals surface area (Å²) >= 11 is 0. The van der Waals surface area contributed by atoms with E-state index in [1.54, 1.807) is 6.07 Å². The lowest BCUT2D eigenvalue weighted by Gasteiger charge is -2.25. The fraction of sp³-hybridized carbons (Fsp3) is 0.0769. The van der Waals surface area contributed by atoms with E-state index in [0.717, 1.165) is 18.2 Å². The van der Waals surface area contributed by atoms with E-state index >= 15 is 0 Å². The van der Waals surface area contributed by atoms with Gasteiger partial charge in [-0.3, -0.25) is 4.79 Å². The van der Waals surface area contributed by atoms with Gasteiger partial charge in [0.2, 0.25) is 5.78 Å². The summed E-state index contributed by atoms with van der Waals surface area (Å²) in [4.78, 5) is 22.4. The van der Waals surface area contributed by atoms with Gasteiger partial charge < -0.3 is 5.11 Å². The molecule has 6 nitrogen and oxygen atoms in total. The summed E-state index contributed by atoms with van der Waals surface area (Å²) in [5, 5.41) is 21.6. The Balaban J connectivity index is 2.59. The van der Waals surface area contributed by atoms with Crippen LogP contribution < -0.4 is 4.59 Å². The molecule has 0 amide bonds. The number of halogens is 1. The lowest BCUT2D eigenvalue weighted by Crippen LogP contribution is -2.41. The van der Waals surface area contributed by atoms with Gasteiger partial charge in [-0.25, -0.2) is 9.18 Å². The molecule has 20 heavy (non-hydrogen) atoms. The van der Waals surface area contributed by atoms with Gasteiger partial charge in [-0.2, -0.15) is 5.26 Å². The maximum atomic E-state index is 13.5. The predicted molar refractivity (Wildman–Crippen MR) is 68.1 cm³/mol. The third kappa shape index (κ3) is 2.32. The Kier molecular flexibility index (Phi) is 3.18. The van der Waals surface area contributed by atoms with Crippen LogP contribution in [0.15, 0.2) is 35.6 Å². The minimum atomic E-state index is -1.46. The molecule has 1 unspecified atom stereocenters. The second-order valence-corrected chi connectivity index (χ2v) is 4.27. The van der Waals surface area contributed by atoms with Crippen molar-refractivity contribution < 1.29 is 19.1 Å². The number of rotatable bonds is 2. The largest absolute Gasteiger partial charge is 0.476 e. The summed E-state index contributed by atoms with van der Waals surface area (Å²) in [5.74, 6) is -2.83. The normalized spacial score (nSPS) is 21.2. The van der Waals surface area contributed by atoms with Gasteiger partial charge in [0.1, 0.15) is 19.1 Å². The van der Waals surface area contributed by atoms with Gasteiger partial charge in [-0.1, -0.05) is 5.10 Å². The summed E-state index contributed by atoms with van der Waals surface area (Å²) in [5.41, 5.74) is -0.321. The number of aliphatic carboxylic acids is 1. The van der Waals surface area contributed by atoms with Crippen molar-refractivity contribution in [2.45, 2.75) is 0 Å². The van der Waals surface area contributed by atoms with Crippen LogP contribution in [0.1, 0.15) is 5.56 Å². The van der Waals surface area contributed by atoms with E-state index < -0.39 is 27.9 Å². The Morgan fingerprint density at radius 2 is 2.15 bits per heavy atom. The second kappa shape index (κ2) is 4.68. The first-order chi connectivity index (χ1) is 9.35. The number of benzene rings is 1. The summed E-state index contributed by atoms with van der Waals surface area (Å²) in [6, 6.07) is 5.36. The van der Waals surface area contributed by atoms with E-state index in [2.05, 4.69) is 5.10 Å². The van der Waals surface area contributed by atoms with E-state index in [1.807, 2.05) is 0 Å². The minimum Gasteiger partial charge on any atom is -0.476 e. The standard InChI is InChI=1S/C13H8FN3O3/c1-17(3-2-11(18)12(16-17)13(19)20)10-5-8(7-15)4-9(14)6-10/h2-6H,1H3/p+1.